The lowest BCUT2D eigenvalue weighted by atomic mass is 9.88. The van der Waals surface area contributed by atoms with Crippen molar-refractivity contribution >= 4 is 5.91 Å². The number of carbonyl (C=O) groups is 1. The minimum absolute atomic E-state index is 0.00311. The fraction of sp³-hybridized carbons (Fsp3) is 0.667. The molecule has 0 saturated heterocycles. The van der Waals surface area contributed by atoms with Gasteiger partial charge in [0.05, 0.1) is 0 Å². The van der Waals surface area contributed by atoms with Crippen LogP contribution in [0.15, 0.2) is 11.0 Å². The van der Waals surface area contributed by atoms with Crippen LogP contribution in [-0.2, 0) is 24.2 Å². The van der Waals surface area contributed by atoms with E-state index in [1.165, 1.54) is 43.6 Å². The van der Waals surface area contributed by atoms with E-state index in [4.69, 9.17) is 4.98 Å². The first-order valence-electron chi connectivity index (χ1n) is 9.66. The second-order valence-electron chi connectivity index (χ2n) is 7.45. The Morgan fingerprint density at radius 2 is 2.12 bits per heavy atom. The lowest BCUT2D eigenvalue weighted by molar-refractivity contribution is -0.125. The zero-order chi connectivity index (χ0) is 17.9. The van der Waals surface area contributed by atoms with Gasteiger partial charge in [0.25, 0.3) is 0 Å². The molecular formula is C18H26N6O2. The average Bonchev–Trinajstić information content (AvgIpc) is 3.28. The van der Waals surface area contributed by atoms with E-state index in [1.54, 1.807) is 0 Å². The van der Waals surface area contributed by atoms with E-state index in [2.05, 4.69) is 25.1 Å². The van der Waals surface area contributed by atoms with Crippen molar-refractivity contribution in [2.45, 2.75) is 63.8 Å². The monoisotopic (exact) mass is 358 g/mol. The summed E-state index contributed by atoms with van der Waals surface area (Å²) >= 11 is 0. The summed E-state index contributed by atoms with van der Waals surface area (Å²) in [5, 5.41) is 9.14. The van der Waals surface area contributed by atoms with Gasteiger partial charge in [-0.05, 0) is 19.3 Å². The maximum atomic E-state index is 12.5. The third-order valence-electron chi connectivity index (χ3n) is 5.68. The van der Waals surface area contributed by atoms with Crippen LogP contribution in [0.1, 0.15) is 61.8 Å². The molecule has 2 aliphatic rings. The van der Waals surface area contributed by atoms with Gasteiger partial charge in [0, 0.05) is 49.7 Å². The summed E-state index contributed by atoms with van der Waals surface area (Å²) < 4.78 is 2.36. The van der Waals surface area contributed by atoms with Crippen LogP contribution in [0, 0.1) is 5.92 Å². The molecule has 140 valence electrons. The Hall–Kier alpha value is -2.38. The fourth-order valence-electron chi connectivity index (χ4n) is 4.27. The number of amides is 1. The van der Waals surface area contributed by atoms with Crippen molar-refractivity contribution in [1.29, 1.82) is 0 Å². The summed E-state index contributed by atoms with van der Waals surface area (Å²) in [7, 11) is 0. The molecule has 0 radical (unpaired) electrons. The Labute approximate surface area is 151 Å². The third-order valence-corrected chi connectivity index (χ3v) is 5.68. The highest BCUT2D eigenvalue weighted by molar-refractivity contribution is 5.79. The second-order valence-corrected chi connectivity index (χ2v) is 7.45. The molecule has 8 nitrogen and oxygen atoms in total. The van der Waals surface area contributed by atoms with E-state index >= 15 is 0 Å². The molecule has 1 atom stereocenters. The highest BCUT2D eigenvalue weighted by atomic mass is 16.2. The Kier molecular flexibility index (Phi) is 4.90. The van der Waals surface area contributed by atoms with E-state index in [-0.39, 0.29) is 17.5 Å². The average molecular weight is 358 g/mol. The maximum absolute atomic E-state index is 12.5. The van der Waals surface area contributed by atoms with Crippen molar-refractivity contribution in [3.8, 4) is 0 Å². The van der Waals surface area contributed by atoms with Crippen LogP contribution in [-0.4, -0.2) is 37.2 Å². The summed E-state index contributed by atoms with van der Waals surface area (Å²) in [6.45, 7) is 1.36. The molecule has 3 heterocycles. The molecule has 0 aromatic carbocycles. The quantitative estimate of drug-likeness (QED) is 0.748. The molecule has 1 saturated carbocycles. The standard InChI is InChI=1S/C18H26N6O2/c25-17(19-8-6-15-21-18(26)23-22-15)13-7-9-24-14(10-13)11-20-16(24)12-4-2-1-3-5-12/h11-13H,1-10H2,(H,19,25)(H2,21,22,23,26). The third kappa shape index (κ3) is 3.59. The van der Waals surface area contributed by atoms with Gasteiger partial charge in [0.2, 0.25) is 5.91 Å². The van der Waals surface area contributed by atoms with Crippen LogP contribution < -0.4 is 11.0 Å². The van der Waals surface area contributed by atoms with Gasteiger partial charge in [-0.15, -0.1) is 0 Å². The van der Waals surface area contributed by atoms with Gasteiger partial charge in [-0.3, -0.25) is 9.78 Å². The lowest BCUT2D eigenvalue weighted by Crippen LogP contribution is -2.36. The molecule has 1 fully saturated rings. The first-order chi connectivity index (χ1) is 12.7. The molecule has 0 spiro atoms. The number of H-pyrrole nitrogens is 2. The molecule has 1 aliphatic carbocycles. The first kappa shape index (κ1) is 17.1. The lowest BCUT2D eigenvalue weighted by Gasteiger charge is -2.27. The number of aromatic amines is 2. The largest absolute Gasteiger partial charge is 0.355 e. The fourth-order valence-corrected chi connectivity index (χ4v) is 4.27. The summed E-state index contributed by atoms with van der Waals surface area (Å²) in [6.07, 6.45) is 10.5. The van der Waals surface area contributed by atoms with Crippen LogP contribution in [0.2, 0.25) is 0 Å². The van der Waals surface area contributed by atoms with E-state index in [9.17, 15) is 9.59 Å². The van der Waals surface area contributed by atoms with Crippen molar-refractivity contribution in [3.63, 3.8) is 0 Å². The van der Waals surface area contributed by atoms with Crippen molar-refractivity contribution < 1.29 is 4.79 Å². The smallest absolute Gasteiger partial charge is 0.340 e. The number of hydrogen-bond acceptors (Lipinski definition) is 4. The minimum atomic E-state index is -0.319. The van der Waals surface area contributed by atoms with E-state index in [1.807, 2.05) is 6.20 Å². The predicted molar refractivity (Wildman–Crippen MR) is 95.8 cm³/mol. The highest BCUT2D eigenvalue weighted by Gasteiger charge is 2.29. The number of aromatic nitrogens is 5. The molecule has 1 unspecified atom stereocenters. The zero-order valence-corrected chi connectivity index (χ0v) is 15.0. The molecule has 8 heteroatoms. The Balaban J connectivity index is 1.32. The SMILES string of the molecule is O=C(NCCc1n[nH]c(=O)[nH]1)C1CCn2c(cnc2C2CCCCC2)C1. The van der Waals surface area contributed by atoms with Crippen LogP contribution in [0.3, 0.4) is 0 Å². The number of fused-ring (bicyclic) bond motifs is 1. The number of imidazole rings is 1. The highest BCUT2D eigenvalue weighted by Crippen LogP contribution is 2.34. The van der Waals surface area contributed by atoms with E-state index in [0.29, 0.717) is 24.7 Å². The van der Waals surface area contributed by atoms with Crippen molar-refractivity contribution in [2.75, 3.05) is 6.54 Å². The number of nitrogens with one attached hydrogen (secondary N) is 3. The molecule has 26 heavy (non-hydrogen) atoms. The second kappa shape index (κ2) is 7.47. The Morgan fingerprint density at radius 3 is 2.88 bits per heavy atom. The normalized spacial score (nSPS) is 20.7. The summed E-state index contributed by atoms with van der Waals surface area (Å²) in [4.78, 5) is 30.8. The minimum Gasteiger partial charge on any atom is -0.355 e. The van der Waals surface area contributed by atoms with E-state index in [0.717, 1.165) is 19.4 Å². The van der Waals surface area contributed by atoms with Gasteiger partial charge < -0.3 is 9.88 Å². The predicted octanol–water partition coefficient (Wildman–Crippen LogP) is 1.26. The van der Waals surface area contributed by atoms with Crippen molar-refractivity contribution in [1.82, 2.24) is 30.0 Å². The molecule has 1 amide bonds. The van der Waals surface area contributed by atoms with Gasteiger partial charge in [-0.2, -0.15) is 5.10 Å². The number of carbonyl (C=O) groups excluding carboxylic acids is 1. The van der Waals surface area contributed by atoms with Crippen LogP contribution in [0.5, 0.6) is 0 Å². The van der Waals surface area contributed by atoms with Crippen LogP contribution in [0.4, 0.5) is 0 Å². The molecule has 4 rings (SSSR count). The Bertz CT molecular complexity index is 814. The number of rotatable bonds is 5. The zero-order valence-electron chi connectivity index (χ0n) is 15.0. The number of nitrogens with zero attached hydrogens (tertiary/aromatic N) is 3. The van der Waals surface area contributed by atoms with Gasteiger partial charge >= 0.3 is 5.69 Å². The van der Waals surface area contributed by atoms with Crippen LogP contribution >= 0.6 is 0 Å². The van der Waals surface area contributed by atoms with Gasteiger partial charge in [0.15, 0.2) is 0 Å². The molecule has 2 aromatic rings. The molecule has 0 bridgehead atoms. The van der Waals surface area contributed by atoms with Gasteiger partial charge in [0.1, 0.15) is 11.6 Å². The van der Waals surface area contributed by atoms with Crippen molar-refractivity contribution in [2.24, 2.45) is 5.92 Å². The molecule has 2 aromatic heterocycles. The Morgan fingerprint density at radius 1 is 1.27 bits per heavy atom. The van der Waals surface area contributed by atoms with Gasteiger partial charge in [-0.25, -0.2) is 14.9 Å². The summed E-state index contributed by atoms with van der Waals surface area (Å²) in [5.41, 5.74) is 0.870. The topological polar surface area (TPSA) is 108 Å². The van der Waals surface area contributed by atoms with Crippen molar-refractivity contribution in [3.05, 3.63) is 34.0 Å². The van der Waals surface area contributed by atoms with Crippen LogP contribution in [0.25, 0.3) is 0 Å². The summed E-state index contributed by atoms with van der Waals surface area (Å²) in [5.74, 6) is 2.47. The molecule has 1 aliphatic heterocycles. The van der Waals surface area contributed by atoms with Gasteiger partial charge in [-0.1, -0.05) is 19.3 Å². The maximum Gasteiger partial charge on any atom is 0.340 e. The molecule has 3 N–H and O–H groups in total. The molecular weight excluding hydrogens is 332 g/mol. The van der Waals surface area contributed by atoms with E-state index < -0.39 is 0 Å². The number of hydrogen-bond donors (Lipinski definition) is 3. The first-order valence-corrected chi connectivity index (χ1v) is 9.66. The summed E-state index contributed by atoms with van der Waals surface area (Å²) in [6, 6.07) is 0.